The quantitative estimate of drug-likeness (QED) is 0.847. The lowest BCUT2D eigenvalue weighted by Gasteiger charge is -2.11. The van der Waals surface area contributed by atoms with Gasteiger partial charge in [0.15, 0.2) is 5.11 Å². The van der Waals surface area contributed by atoms with Gasteiger partial charge in [0.25, 0.3) is 0 Å². The lowest BCUT2D eigenvalue weighted by atomic mass is 10.2. The molecule has 0 aliphatic carbocycles. The largest absolute Gasteiger partial charge is 0.481 e. The number of nitrogens with one attached hydrogen (secondary N) is 2. The summed E-state index contributed by atoms with van der Waals surface area (Å²) in [5, 5.41) is 7.16. The van der Waals surface area contributed by atoms with E-state index in [1.165, 1.54) is 6.33 Å². The average molecular weight is 309 g/mol. The van der Waals surface area contributed by atoms with Gasteiger partial charge < -0.3 is 15.4 Å². The summed E-state index contributed by atoms with van der Waals surface area (Å²) in [7, 11) is 1.54. The molecule has 0 unspecified atom stereocenters. The minimum Gasteiger partial charge on any atom is -0.481 e. The molecule has 1 aromatic heterocycles. The second kappa shape index (κ2) is 7.02. The Kier molecular flexibility index (Phi) is 5.09. The summed E-state index contributed by atoms with van der Waals surface area (Å²) < 4.78 is 5.01. The maximum Gasteiger partial charge on any atom is 0.218 e. The average Bonchev–Trinajstić information content (AvgIpc) is 2.46. The Morgan fingerprint density at radius 1 is 1.35 bits per heavy atom. The molecule has 1 heterocycles. The Hall–Kier alpha value is -1.92. The number of aromatic nitrogens is 2. The van der Waals surface area contributed by atoms with E-state index in [9.17, 15) is 0 Å². The molecule has 0 aliphatic rings. The van der Waals surface area contributed by atoms with Crippen molar-refractivity contribution < 1.29 is 4.74 Å². The molecule has 0 radical (unpaired) electrons. The van der Waals surface area contributed by atoms with Crippen molar-refractivity contribution in [3.63, 3.8) is 0 Å². The molecule has 0 aliphatic heterocycles. The molecule has 0 bridgehead atoms. The van der Waals surface area contributed by atoms with Crippen molar-refractivity contribution in [2.75, 3.05) is 12.4 Å². The van der Waals surface area contributed by atoms with Crippen molar-refractivity contribution in [1.82, 2.24) is 15.3 Å². The normalized spacial score (nSPS) is 9.90. The lowest BCUT2D eigenvalue weighted by molar-refractivity contribution is 0.397. The van der Waals surface area contributed by atoms with Crippen LogP contribution in [0.4, 0.5) is 5.82 Å². The fraction of sp³-hybridized carbons (Fsp3) is 0.154. The third-order valence-electron chi connectivity index (χ3n) is 2.49. The number of hydrogen-bond acceptors (Lipinski definition) is 4. The lowest BCUT2D eigenvalue weighted by Crippen LogP contribution is -2.28. The maximum atomic E-state index is 6.07. The van der Waals surface area contributed by atoms with Gasteiger partial charge in [-0.3, -0.25) is 0 Å². The van der Waals surface area contributed by atoms with Crippen LogP contribution in [-0.2, 0) is 6.54 Å². The standard InChI is InChI=1S/C13H13ClN4OS/c1-19-12-6-11(16-8-17-12)18-13(20)15-7-9-4-2-3-5-10(9)14/h2-6,8H,7H2,1H3,(H2,15,16,17,18,20). The van der Waals surface area contributed by atoms with Gasteiger partial charge in [-0.1, -0.05) is 29.8 Å². The molecule has 0 saturated carbocycles. The molecule has 0 saturated heterocycles. The van der Waals surface area contributed by atoms with Gasteiger partial charge in [0.2, 0.25) is 5.88 Å². The van der Waals surface area contributed by atoms with Crippen LogP contribution in [0.5, 0.6) is 5.88 Å². The van der Waals surface area contributed by atoms with Gasteiger partial charge in [-0.2, -0.15) is 0 Å². The third kappa shape index (κ3) is 4.04. The number of thiocarbonyl (C=S) groups is 1. The molecule has 0 atom stereocenters. The molecule has 7 heteroatoms. The van der Waals surface area contributed by atoms with E-state index < -0.39 is 0 Å². The smallest absolute Gasteiger partial charge is 0.218 e. The van der Waals surface area contributed by atoms with Crippen molar-refractivity contribution in [2.45, 2.75) is 6.54 Å². The first kappa shape index (κ1) is 14.5. The van der Waals surface area contributed by atoms with E-state index in [2.05, 4.69) is 20.6 Å². The number of rotatable bonds is 4. The Labute approximate surface area is 127 Å². The highest BCUT2D eigenvalue weighted by atomic mass is 35.5. The van der Waals surface area contributed by atoms with Crippen LogP contribution in [0.15, 0.2) is 36.7 Å². The third-order valence-corrected chi connectivity index (χ3v) is 3.11. The summed E-state index contributed by atoms with van der Waals surface area (Å²) in [6, 6.07) is 9.24. The molecule has 0 amide bonds. The highest BCUT2D eigenvalue weighted by Gasteiger charge is 2.03. The van der Waals surface area contributed by atoms with E-state index in [1.54, 1.807) is 13.2 Å². The molecule has 0 fully saturated rings. The van der Waals surface area contributed by atoms with E-state index in [0.29, 0.717) is 28.4 Å². The Balaban J connectivity index is 1.91. The van der Waals surface area contributed by atoms with Crippen LogP contribution in [-0.4, -0.2) is 22.2 Å². The van der Waals surface area contributed by atoms with Crippen LogP contribution in [0.1, 0.15) is 5.56 Å². The number of halogens is 1. The van der Waals surface area contributed by atoms with Crippen molar-refractivity contribution in [3.8, 4) is 5.88 Å². The highest BCUT2D eigenvalue weighted by molar-refractivity contribution is 7.80. The van der Waals surface area contributed by atoms with Gasteiger partial charge in [0.05, 0.1) is 7.11 Å². The fourth-order valence-corrected chi connectivity index (χ4v) is 1.88. The van der Waals surface area contributed by atoms with Crippen LogP contribution in [0.3, 0.4) is 0 Å². The molecular weight excluding hydrogens is 296 g/mol. The first-order valence-corrected chi connectivity index (χ1v) is 6.62. The van der Waals surface area contributed by atoms with Crippen LogP contribution < -0.4 is 15.4 Å². The van der Waals surface area contributed by atoms with Gasteiger partial charge >= 0.3 is 0 Å². The summed E-state index contributed by atoms with van der Waals surface area (Å²) >= 11 is 11.3. The van der Waals surface area contributed by atoms with Crippen molar-refractivity contribution >= 4 is 34.7 Å². The van der Waals surface area contributed by atoms with E-state index in [1.807, 2.05) is 24.3 Å². The maximum absolute atomic E-state index is 6.07. The number of anilines is 1. The zero-order valence-corrected chi connectivity index (χ0v) is 12.3. The van der Waals surface area contributed by atoms with Crippen molar-refractivity contribution in [1.29, 1.82) is 0 Å². The SMILES string of the molecule is COc1cc(NC(=S)NCc2ccccc2Cl)ncn1. The molecule has 104 valence electrons. The van der Waals surface area contributed by atoms with Crippen molar-refractivity contribution in [3.05, 3.63) is 47.2 Å². The molecular formula is C13H13ClN4OS. The molecule has 2 N–H and O–H groups in total. The van der Waals surface area contributed by atoms with Gasteiger partial charge in [0.1, 0.15) is 12.1 Å². The van der Waals surface area contributed by atoms with E-state index in [0.717, 1.165) is 5.56 Å². The van der Waals surface area contributed by atoms with E-state index in [-0.39, 0.29) is 0 Å². The molecule has 1 aromatic carbocycles. The first-order chi connectivity index (χ1) is 9.69. The van der Waals surface area contributed by atoms with E-state index >= 15 is 0 Å². The number of benzene rings is 1. The Morgan fingerprint density at radius 2 is 2.15 bits per heavy atom. The first-order valence-electron chi connectivity index (χ1n) is 5.83. The summed E-state index contributed by atoms with van der Waals surface area (Å²) in [4.78, 5) is 7.96. The summed E-state index contributed by atoms with van der Waals surface area (Å²) in [5.74, 6) is 1.03. The van der Waals surface area contributed by atoms with Gasteiger partial charge in [0, 0.05) is 17.6 Å². The zero-order valence-electron chi connectivity index (χ0n) is 10.8. The predicted molar refractivity (Wildman–Crippen MR) is 83.1 cm³/mol. The Morgan fingerprint density at radius 3 is 2.90 bits per heavy atom. The highest BCUT2D eigenvalue weighted by Crippen LogP contribution is 2.14. The number of hydrogen-bond donors (Lipinski definition) is 2. The molecule has 0 spiro atoms. The van der Waals surface area contributed by atoms with Gasteiger partial charge in [-0.05, 0) is 23.8 Å². The van der Waals surface area contributed by atoms with Gasteiger partial charge in [-0.15, -0.1) is 0 Å². The summed E-state index contributed by atoms with van der Waals surface area (Å²) in [5.41, 5.74) is 0.971. The van der Waals surface area contributed by atoms with Crippen LogP contribution in [0.2, 0.25) is 5.02 Å². The number of nitrogens with zero attached hydrogens (tertiary/aromatic N) is 2. The summed E-state index contributed by atoms with van der Waals surface area (Å²) in [6.45, 7) is 0.535. The predicted octanol–water partition coefficient (Wildman–Crippen LogP) is 2.63. The second-order valence-electron chi connectivity index (χ2n) is 3.84. The topological polar surface area (TPSA) is 59.1 Å². The molecule has 5 nitrogen and oxygen atoms in total. The van der Waals surface area contributed by atoms with Crippen LogP contribution >= 0.6 is 23.8 Å². The minimum atomic E-state index is 0.450. The second-order valence-corrected chi connectivity index (χ2v) is 4.66. The van der Waals surface area contributed by atoms with Gasteiger partial charge in [-0.25, -0.2) is 9.97 Å². The molecule has 20 heavy (non-hydrogen) atoms. The molecule has 2 rings (SSSR count). The Bertz CT molecular complexity index is 608. The fourth-order valence-electron chi connectivity index (χ4n) is 1.50. The zero-order chi connectivity index (χ0) is 14.4. The minimum absolute atomic E-state index is 0.450. The number of methoxy groups -OCH3 is 1. The van der Waals surface area contributed by atoms with E-state index in [4.69, 9.17) is 28.6 Å². The van der Waals surface area contributed by atoms with Crippen LogP contribution in [0.25, 0.3) is 0 Å². The summed E-state index contributed by atoms with van der Waals surface area (Å²) in [6.07, 6.45) is 1.40. The molecule has 2 aromatic rings. The van der Waals surface area contributed by atoms with Crippen molar-refractivity contribution in [2.24, 2.45) is 0 Å². The number of ether oxygens (including phenoxy) is 1. The van der Waals surface area contributed by atoms with Crippen LogP contribution in [0, 0.1) is 0 Å². The monoisotopic (exact) mass is 308 g/mol.